The Morgan fingerprint density at radius 2 is 2.11 bits per heavy atom. The van der Waals surface area contributed by atoms with Crippen LogP contribution in [0.5, 0.6) is 0 Å². The zero-order chi connectivity index (χ0) is 13.7. The Kier molecular flexibility index (Phi) is 5.72. The Morgan fingerprint density at radius 1 is 1.32 bits per heavy atom. The number of hydrogen-bond acceptors (Lipinski definition) is 1. The SMILES string of the molecule is CCCCCC(C)NC1CC(c2cccc(Cl)c2)C1. The summed E-state index contributed by atoms with van der Waals surface area (Å²) in [7, 11) is 0. The van der Waals surface area contributed by atoms with Crippen LogP contribution in [0.15, 0.2) is 24.3 Å². The quantitative estimate of drug-likeness (QED) is 0.681. The minimum Gasteiger partial charge on any atom is -0.311 e. The summed E-state index contributed by atoms with van der Waals surface area (Å²) in [5.41, 5.74) is 1.41. The molecule has 1 aliphatic carbocycles. The molecule has 19 heavy (non-hydrogen) atoms. The lowest BCUT2D eigenvalue weighted by molar-refractivity contribution is 0.263. The predicted octanol–water partition coefficient (Wildman–Crippen LogP) is 5.14. The van der Waals surface area contributed by atoms with Crippen LogP contribution in [0.3, 0.4) is 0 Å². The van der Waals surface area contributed by atoms with Gasteiger partial charge in [0.05, 0.1) is 0 Å². The van der Waals surface area contributed by atoms with Crippen LogP contribution >= 0.6 is 11.6 Å². The van der Waals surface area contributed by atoms with Gasteiger partial charge in [-0.05, 0) is 49.8 Å². The normalized spacial score (nSPS) is 23.9. The van der Waals surface area contributed by atoms with Gasteiger partial charge in [-0.2, -0.15) is 0 Å². The average Bonchev–Trinajstić information content (AvgIpc) is 2.33. The molecule has 106 valence electrons. The predicted molar refractivity (Wildman–Crippen MR) is 84.0 cm³/mol. The van der Waals surface area contributed by atoms with Crippen LogP contribution in [0.25, 0.3) is 0 Å². The van der Waals surface area contributed by atoms with Gasteiger partial charge in [0.25, 0.3) is 0 Å². The smallest absolute Gasteiger partial charge is 0.0408 e. The van der Waals surface area contributed by atoms with E-state index in [1.807, 2.05) is 6.07 Å². The first-order chi connectivity index (χ1) is 9.19. The number of rotatable bonds is 7. The van der Waals surface area contributed by atoms with Gasteiger partial charge in [-0.3, -0.25) is 0 Å². The largest absolute Gasteiger partial charge is 0.311 e. The maximum atomic E-state index is 6.05. The Morgan fingerprint density at radius 3 is 2.79 bits per heavy atom. The number of nitrogens with one attached hydrogen (secondary N) is 1. The van der Waals surface area contributed by atoms with E-state index in [0.717, 1.165) is 5.02 Å². The molecule has 0 bridgehead atoms. The zero-order valence-corrected chi connectivity index (χ0v) is 12.9. The fraction of sp³-hybridized carbons (Fsp3) is 0.647. The van der Waals surface area contributed by atoms with Gasteiger partial charge in [-0.25, -0.2) is 0 Å². The molecule has 0 amide bonds. The van der Waals surface area contributed by atoms with E-state index in [1.165, 1.54) is 44.1 Å². The third-order valence-corrected chi connectivity index (χ3v) is 4.45. The molecule has 1 nitrogen and oxygen atoms in total. The first kappa shape index (κ1) is 14.9. The van der Waals surface area contributed by atoms with Crippen LogP contribution < -0.4 is 5.32 Å². The van der Waals surface area contributed by atoms with Gasteiger partial charge >= 0.3 is 0 Å². The first-order valence-electron chi connectivity index (χ1n) is 7.70. The van der Waals surface area contributed by atoms with E-state index in [4.69, 9.17) is 11.6 Å². The average molecular weight is 280 g/mol. The third kappa shape index (κ3) is 4.50. The van der Waals surface area contributed by atoms with Crippen molar-refractivity contribution in [3.63, 3.8) is 0 Å². The number of unbranched alkanes of at least 4 members (excludes halogenated alkanes) is 2. The summed E-state index contributed by atoms with van der Waals surface area (Å²) < 4.78 is 0. The lowest BCUT2D eigenvalue weighted by atomic mass is 9.75. The van der Waals surface area contributed by atoms with Crippen molar-refractivity contribution in [3.8, 4) is 0 Å². The molecule has 1 fully saturated rings. The zero-order valence-electron chi connectivity index (χ0n) is 12.2. The van der Waals surface area contributed by atoms with Crippen LogP contribution in [0.4, 0.5) is 0 Å². The number of hydrogen-bond donors (Lipinski definition) is 1. The van der Waals surface area contributed by atoms with E-state index < -0.39 is 0 Å². The Bertz CT molecular complexity index is 385. The number of benzene rings is 1. The van der Waals surface area contributed by atoms with Gasteiger partial charge in [-0.1, -0.05) is 49.9 Å². The minimum absolute atomic E-state index is 0.664. The summed E-state index contributed by atoms with van der Waals surface area (Å²) in [6.07, 6.45) is 7.87. The van der Waals surface area contributed by atoms with E-state index in [-0.39, 0.29) is 0 Å². The van der Waals surface area contributed by atoms with Crippen molar-refractivity contribution in [1.29, 1.82) is 0 Å². The maximum absolute atomic E-state index is 6.05. The molecule has 1 N–H and O–H groups in total. The molecule has 1 aromatic carbocycles. The van der Waals surface area contributed by atoms with Crippen molar-refractivity contribution < 1.29 is 0 Å². The molecule has 1 aromatic rings. The summed E-state index contributed by atoms with van der Waals surface area (Å²) in [6.45, 7) is 4.59. The highest BCUT2D eigenvalue weighted by Crippen LogP contribution is 2.37. The Labute approximate surface area is 122 Å². The molecule has 0 spiro atoms. The molecule has 0 saturated heterocycles. The van der Waals surface area contributed by atoms with E-state index in [0.29, 0.717) is 18.0 Å². The monoisotopic (exact) mass is 279 g/mol. The van der Waals surface area contributed by atoms with E-state index in [1.54, 1.807) is 0 Å². The van der Waals surface area contributed by atoms with Crippen molar-refractivity contribution in [2.24, 2.45) is 0 Å². The van der Waals surface area contributed by atoms with E-state index >= 15 is 0 Å². The van der Waals surface area contributed by atoms with Gasteiger partial charge in [0, 0.05) is 17.1 Å². The molecule has 0 heterocycles. The van der Waals surface area contributed by atoms with Gasteiger partial charge < -0.3 is 5.32 Å². The summed E-state index contributed by atoms with van der Waals surface area (Å²) in [5.74, 6) is 0.707. The fourth-order valence-corrected chi connectivity index (χ4v) is 3.17. The molecule has 1 unspecified atom stereocenters. The van der Waals surface area contributed by atoms with Crippen molar-refractivity contribution >= 4 is 11.6 Å². The van der Waals surface area contributed by atoms with Crippen LogP contribution in [0.1, 0.15) is 63.9 Å². The second kappa shape index (κ2) is 7.31. The maximum Gasteiger partial charge on any atom is 0.0408 e. The van der Waals surface area contributed by atoms with Crippen LogP contribution in [0, 0.1) is 0 Å². The highest BCUT2D eigenvalue weighted by atomic mass is 35.5. The summed E-state index contributed by atoms with van der Waals surface area (Å²) in [5, 5.41) is 4.62. The van der Waals surface area contributed by atoms with Crippen LogP contribution in [0.2, 0.25) is 5.02 Å². The van der Waals surface area contributed by atoms with E-state index in [9.17, 15) is 0 Å². The van der Waals surface area contributed by atoms with Crippen LogP contribution in [-0.4, -0.2) is 12.1 Å². The Balaban J connectivity index is 1.68. The topological polar surface area (TPSA) is 12.0 Å². The summed E-state index contributed by atoms with van der Waals surface area (Å²) in [6, 6.07) is 9.71. The molecule has 1 saturated carbocycles. The molecule has 1 atom stereocenters. The molecule has 2 rings (SSSR count). The minimum atomic E-state index is 0.664. The fourth-order valence-electron chi connectivity index (χ4n) is 2.97. The van der Waals surface area contributed by atoms with Crippen LogP contribution in [-0.2, 0) is 0 Å². The number of halogens is 1. The van der Waals surface area contributed by atoms with Crippen molar-refractivity contribution in [1.82, 2.24) is 5.32 Å². The molecule has 0 radical (unpaired) electrons. The molecular formula is C17H26ClN. The highest BCUT2D eigenvalue weighted by Gasteiger charge is 2.30. The molecule has 0 aromatic heterocycles. The van der Waals surface area contributed by atoms with Gasteiger partial charge in [0.15, 0.2) is 0 Å². The summed E-state index contributed by atoms with van der Waals surface area (Å²) >= 11 is 6.05. The lowest BCUT2D eigenvalue weighted by Gasteiger charge is -2.38. The van der Waals surface area contributed by atoms with Gasteiger partial charge in [0.2, 0.25) is 0 Å². The Hall–Kier alpha value is -0.530. The third-order valence-electron chi connectivity index (χ3n) is 4.22. The lowest BCUT2D eigenvalue weighted by Crippen LogP contribution is -2.44. The van der Waals surface area contributed by atoms with Gasteiger partial charge in [0.1, 0.15) is 0 Å². The van der Waals surface area contributed by atoms with Crippen molar-refractivity contribution in [2.75, 3.05) is 0 Å². The first-order valence-corrected chi connectivity index (χ1v) is 8.08. The van der Waals surface area contributed by atoms with Crippen molar-refractivity contribution in [2.45, 2.75) is 70.4 Å². The molecule has 2 heteroatoms. The molecular weight excluding hydrogens is 254 g/mol. The standard InChI is InChI=1S/C17H26ClN/c1-3-4-5-7-13(2)19-17-11-15(12-17)14-8-6-9-16(18)10-14/h6,8-10,13,15,17,19H,3-5,7,11-12H2,1-2H3. The van der Waals surface area contributed by atoms with E-state index in [2.05, 4.69) is 37.4 Å². The summed E-state index contributed by atoms with van der Waals surface area (Å²) in [4.78, 5) is 0. The second-order valence-electron chi connectivity index (χ2n) is 5.98. The molecule has 1 aliphatic rings. The highest BCUT2D eigenvalue weighted by molar-refractivity contribution is 6.30. The molecule has 0 aliphatic heterocycles. The van der Waals surface area contributed by atoms with Gasteiger partial charge in [-0.15, -0.1) is 0 Å². The van der Waals surface area contributed by atoms with Crippen molar-refractivity contribution in [3.05, 3.63) is 34.9 Å². The second-order valence-corrected chi connectivity index (χ2v) is 6.42.